The van der Waals surface area contributed by atoms with Gasteiger partial charge in [0, 0.05) is 43.6 Å². The summed E-state index contributed by atoms with van der Waals surface area (Å²) >= 11 is 0. The number of methoxy groups -OCH3 is 1. The molecule has 0 aliphatic carbocycles. The highest BCUT2D eigenvalue weighted by atomic mass is 19.1. The van der Waals surface area contributed by atoms with Crippen molar-refractivity contribution >= 4 is 23.6 Å². The molecule has 3 fully saturated rings. The fourth-order valence-corrected chi connectivity index (χ4v) is 8.61. The number of aliphatic hydroxyl groups is 1. The van der Waals surface area contributed by atoms with Gasteiger partial charge in [-0.3, -0.25) is 19.5 Å². The summed E-state index contributed by atoms with van der Waals surface area (Å²) < 4.78 is 48.4. The molecule has 13 atom stereocenters. The third-order valence-electron chi connectivity index (χ3n) is 11.8. The normalized spacial score (nSPS) is 38.5. The van der Waals surface area contributed by atoms with Gasteiger partial charge in [-0.05, 0) is 59.1 Å². The average Bonchev–Trinajstić information content (AvgIpc) is 3.76. The topological polar surface area (TPSA) is 208 Å². The number of hydrogen-bond acceptors (Lipinski definition) is 14. The molecule has 3 aliphatic rings. The molecule has 2 unspecified atom stereocenters. The molecule has 0 bridgehead atoms. The van der Waals surface area contributed by atoms with Crippen LogP contribution in [0.15, 0.2) is 42.7 Å². The van der Waals surface area contributed by atoms with E-state index in [9.17, 15) is 24.3 Å². The highest BCUT2D eigenvalue weighted by Crippen LogP contribution is 2.43. The van der Waals surface area contributed by atoms with Gasteiger partial charge in [-0.15, -0.1) is 5.10 Å². The van der Waals surface area contributed by atoms with Crippen LogP contribution in [0.1, 0.15) is 74.7 Å². The van der Waals surface area contributed by atoms with Crippen LogP contribution in [0.2, 0.25) is 0 Å². The van der Waals surface area contributed by atoms with Crippen molar-refractivity contribution in [3.63, 3.8) is 0 Å². The monoisotopic (exact) mass is 800 g/mol. The zero-order valence-electron chi connectivity index (χ0n) is 34.2. The number of nitrogens with zero attached hydrogens (tertiary/aromatic N) is 5. The average molecular weight is 801 g/mol. The van der Waals surface area contributed by atoms with Gasteiger partial charge >= 0.3 is 12.1 Å². The number of carbonyl (C=O) groups excluding carboxylic acids is 4. The van der Waals surface area contributed by atoms with Crippen LogP contribution < -0.4 is 5.73 Å². The van der Waals surface area contributed by atoms with Gasteiger partial charge in [0.25, 0.3) is 5.67 Å². The predicted molar refractivity (Wildman–Crippen MR) is 203 cm³/mol. The van der Waals surface area contributed by atoms with E-state index in [2.05, 4.69) is 15.3 Å². The molecule has 2 aromatic rings. The molecule has 3 saturated heterocycles. The summed E-state index contributed by atoms with van der Waals surface area (Å²) in [6, 6.07) is 3.75. The smallest absolute Gasteiger partial charge is 0.411 e. The number of alkyl halides is 1. The fraction of sp³-hybridized carbons (Fsp3) is 0.675. The van der Waals surface area contributed by atoms with E-state index in [1.54, 1.807) is 76.8 Å². The van der Waals surface area contributed by atoms with E-state index in [-0.39, 0.29) is 25.2 Å². The molecular weight excluding hydrogens is 743 g/mol. The van der Waals surface area contributed by atoms with Crippen molar-refractivity contribution in [2.45, 2.75) is 141 Å². The van der Waals surface area contributed by atoms with Gasteiger partial charge < -0.3 is 34.5 Å². The minimum absolute atomic E-state index is 0.00404. The van der Waals surface area contributed by atoms with E-state index in [0.29, 0.717) is 24.4 Å². The Bertz CT molecular complexity index is 1790. The van der Waals surface area contributed by atoms with Crippen molar-refractivity contribution in [3.8, 4) is 11.4 Å². The number of Topliss-reactive ketones (excluding diaryl/α,β-unsaturated/α-hetero) is 2. The number of hydrogen-bond donors (Lipinski definition) is 2. The van der Waals surface area contributed by atoms with Crippen LogP contribution in [0.25, 0.3) is 11.4 Å². The Kier molecular flexibility index (Phi) is 13.4. The molecule has 0 saturated carbocycles. The van der Waals surface area contributed by atoms with Gasteiger partial charge in [-0.1, -0.05) is 51.1 Å². The lowest BCUT2D eigenvalue weighted by Gasteiger charge is -2.46. The van der Waals surface area contributed by atoms with Crippen molar-refractivity contribution in [1.82, 2.24) is 24.9 Å². The number of aromatic nitrogens is 4. The molecule has 3 aliphatic heterocycles. The summed E-state index contributed by atoms with van der Waals surface area (Å²) in [4.78, 5) is 61.9. The van der Waals surface area contributed by atoms with Crippen LogP contribution in [0.3, 0.4) is 0 Å². The van der Waals surface area contributed by atoms with Crippen molar-refractivity contribution in [1.29, 1.82) is 0 Å². The highest BCUT2D eigenvalue weighted by Gasteiger charge is 2.61. The van der Waals surface area contributed by atoms with Gasteiger partial charge in [0.15, 0.2) is 17.7 Å². The molecule has 314 valence electrons. The Balaban J connectivity index is 1.48. The molecular formula is C40H57FN6O10. The van der Waals surface area contributed by atoms with Crippen molar-refractivity contribution in [2.75, 3.05) is 13.7 Å². The largest absolute Gasteiger partial charge is 0.455 e. The van der Waals surface area contributed by atoms with Crippen LogP contribution in [-0.4, -0.2) is 127 Å². The van der Waals surface area contributed by atoms with E-state index in [1.165, 1.54) is 18.9 Å². The molecule has 0 spiro atoms. The zero-order chi connectivity index (χ0) is 42.0. The molecule has 5 rings (SSSR count). The van der Waals surface area contributed by atoms with Crippen LogP contribution in [-0.2, 0) is 44.6 Å². The summed E-state index contributed by atoms with van der Waals surface area (Å²) in [5, 5.41) is 19.3. The first-order chi connectivity index (χ1) is 26.8. The van der Waals surface area contributed by atoms with E-state index >= 15 is 4.39 Å². The summed E-state index contributed by atoms with van der Waals surface area (Å²) in [6.45, 7) is 12.5. The van der Waals surface area contributed by atoms with E-state index in [0.717, 1.165) is 6.92 Å². The lowest BCUT2D eigenvalue weighted by molar-refractivity contribution is -0.288. The number of nitrogens with two attached hydrogens (primary N) is 1. The lowest BCUT2D eigenvalue weighted by atomic mass is 9.73. The fourth-order valence-electron chi connectivity index (χ4n) is 8.61. The minimum Gasteiger partial charge on any atom is -0.455 e. The highest BCUT2D eigenvalue weighted by molar-refractivity contribution is 6.08. The molecule has 16 nitrogen and oxygen atoms in total. The Hall–Kier alpha value is -4.16. The number of halogens is 1. The van der Waals surface area contributed by atoms with Crippen LogP contribution in [0.5, 0.6) is 0 Å². The summed E-state index contributed by atoms with van der Waals surface area (Å²) in [5.41, 5.74) is 1.10. The number of ether oxygens (including phenoxy) is 5. The molecule has 17 heteroatoms. The Morgan fingerprint density at radius 3 is 2.40 bits per heavy atom. The van der Waals surface area contributed by atoms with E-state index < -0.39 is 95.3 Å². The second-order valence-electron chi connectivity index (χ2n) is 16.2. The lowest BCUT2D eigenvalue weighted by Crippen LogP contribution is -2.61. The molecule has 0 radical (unpaired) electrons. The standard InChI is InChI=1S/C40H57FN6O10/c1-10-29-40(8)32(47(37(52)57-40)18-14-13-17-46-21-28(44-45-46)27-15-11-12-16-43-27)24(4)30(48)22(2)20-38(6,53-9)34(25(5)33(50)39(7,41)36(51)55-29)56-35-31(49)26(42)19-23(3)54-35/h11-16,21-26,29,31-32,34-35,49H,10,17-20,42H2,1-9H3/b14-13+/t22-,23-,24+,25+,26?,29-,31?,32-,34-,35+,38-,39+,40-/m1/s1. The number of pyridine rings is 1. The predicted octanol–water partition coefficient (Wildman–Crippen LogP) is 3.59. The van der Waals surface area contributed by atoms with Crippen molar-refractivity contribution < 1.29 is 52.4 Å². The summed E-state index contributed by atoms with van der Waals surface area (Å²) in [6.07, 6.45) is 0.828. The number of cyclic esters (lactones) is 1. The van der Waals surface area contributed by atoms with Crippen LogP contribution in [0, 0.1) is 17.8 Å². The first-order valence-electron chi connectivity index (χ1n) is 19.5. The van der Waals surface area contributed by atoms with Gasteiger partial charge in [0.1, 0.15) is 23.7 Å². The maximum Gasteiger partial charge on any atom is 0.411 e. The zero-order valence-corrected chi connectivity index (χ0v) is 34.2. The third kappa shape index (κ3) is 8.82. The third-order valence-corrected chi connectivity index (χ3v) is 11.8. The number of amides is 1. The van der Waals surface area contributed by atoms with E-state index in [1.807, 2.05) is 12.1 Å². The van der Waals surface area contributed by atoms with Crippen molar-refractivity contribution in [3.05, 3.63) is 42.7 Å². The second kappa shape index (κ2) is 17.4. The molecule has 5 heterocycles. The first kappa shape index (κ1) is 44.0. The van der Waals surface area contributed by atoms with Gasteiger partial charge in [-0.25, -0.2) is 18.7 Å². The SMILES string of the molecule is CC[C@H]1OC(=O)[C@@](C)(F)C(=O)[C@H](C)[C@@H](O[C@@H]2O[C@H](C)CC(N)C2O)[C@](C)(OC)C[C@@H](C)C(=O)[C@H](C)[C@H]2N(C/C=C/Cn3cc(-c4ccccn4)nn3)C(=O)O[C@]12C. The van der Waals surface area contributed by atoms with Gasteiger partial charge in [0.05, 0.1) is 42.3 Å². The Morgan fingerprint density at radius 2 is 1.75 bits per heavy atom. The Labute approximate surface area is 332 Å². The number of allylic oxidation sites excluding steroid dienone is 1. The molecule has 1 amide bonds. The maximum absolute atomic E-state index is 16.8. The second-order valence-corrected chi connectivity index (χ2v) is 16.2. The number of ketones is 2. The summed E-state index contributed by atoms with van der Waals surface area (Å²) in [5.74, 6) is -6.03. The van der Waals surface area contributed by atoms with Gasteiger partial charge in [0.2, 0.25) is 0 Å². The number of rotatable bonds is 9. The molecule has 2 aromatic heterocycles. The number of esters is 1. The van der Waals surface area contributed by atoms with E-state index in [4.69, 9.17) is 29.4 Å². The number of aliphatic hydroxyl groups excluding tert-OH is 1. The summed E-state index contributed by atoms with van der Waals surface area (Å²) in [7, 11) is 1.37. The maximum atomic E-state index is 16.8. The minimum atomic E-state index is -3.20. The van der Waals surface area contributed by atoms with Crippen LogP contribution >= 0.6 is 0 Å². The van der Waals surface area contributed by atoms with Crippen LogP contribution in [0.4, 0.5) is 9.18 Å². The molecule has 0 aromatic carbocycles. The number of fused-ring (bicyclic) bond motifs is 1. The number of carbonyl (C=O) groups is 4. The first-order valence-corrected chi connectivity index (χ1v) is 19.5. The Morgan fingerprint density at radius 1 is 1.05 bits per heavy atom. The quantitative estimate of drug-likeness (QED) is 0.211. The van der Waals surface area contributed by atoms with Gasteiger partial charge in [-0.2, -0.15) is 0 Å². The van der Waals surface area contributed by atoms with Crippen molar-refractivity contribution in [2.24, 2.45) is 23.5 Å². The molecule has 3 N–H and O–H groups in total. The molecule has 57 heavy (non-hydrogen) atoms.